The van der Waals surface area contributed by atoms with Gasteiger partial charge in [0.05, 0.1) is 25.6 Å². The lowest BCUT2D eigenvalue weighted by molar-refractivity contribution is -0.154. The predicted octanol–water partition coefficient (Wildman–Crippen LogP) is 1.58. The number of hydrogen-bond donors (Lipinski definition) is 0. The second-order valence-electron chi connectivity index (χ2n) is 4.90. The Kier molecular flexibility index (Phi) is 6.73. The Morgan fingerprint density at radius 1 is 1.30 bits per heavy atom. The van der Waals surface area contributed by atoms with Crippen LogP contribution in [-0.2, 0) is 14.3 Å². The van der Waals surface area contributed by atoms with Crippen molar-refractivity contribution in [1.82, 2.24) is 4.90 Å². The molecular weight excluding hydrogens is 318 g/mol. The number of thioether (sulfide) groups is 1. The van der Waals surface area contributed by atoms with E-state index in [1.165, 1.54) is 0 Å². The summed E-state index contributed by atoms with van der Waals surface area (Å²) in [5.41, 5.74) is 0. The first-order valence-corrected chi connectivity index (χ1v) is 8.52. The summed E-state index contributed by atoms with van der Waals surface area (Å²) in [7, 11) is 1.59. The average molecular weight is 339 g/mol. The van der Waals surface area contributed by atoms with E-state index in [2.05, 4.69) is 0 Å². The predicted molar refractivity (Wildman–Crippen MR) is 87.9 cm³/mol. The van der Waals surface area contributed by atoms with Gasteiger partial charge in [0.1, 0.15) is 6.61 Å². The van der Waals surface area contributed by atoms with Crippen LogP contribution < -0.4 is 9.47 Å². The summed E-state index contributed by atoms with van der Waals surface area (Å²) in [6, 6.07) is 7.42. The van der Waals surface area contributed by atoms with Gasteiger partial charge >= 0.3 is 5.97 Å². The van der Waals surface area contributed by atoms with E-state index in [4.69, 9.17) is 14.2 Å². The quantitative estimate of drug-likeness (QED) is 0.526. The molecule has 1 fully saturated rings. The SMILES string of the molecule is CCOC(=O)C(=O)CN1CCSC1COc1ccccc1OC. The molecule has 0 aliphatic carbocycles. The number of ether oxygens (including phenoxy) is 3. The lowest BCUT2D eigenvalue weighted by Crippen LogP contribution is -2.39. The van der Waals surface area contributed by atoms with Crippen LogP contribution in [0.25, 0.3) is 0 Å². The fraction of sp³-hybridized carbons (Fsp3) is 0.500. The number of para-hydroxylation sites is 2. The number of esters is 1. The summed E-state index contributed by atoms with van der Waals surface area (Å²) in [5, 5.41) is 0.0262. The molecule has 0 spiro atoms. The first-order chi connectivity index (χ1) is 11.2. The minimum atomic E-state index is -0.770. The van der Waals surface area contributed by atoms with Gasteiger partial charge in [0.15, 0.2) is 11.5 Å². The van der Waals surface area contributed by atoms with Gasteiger partial charge in [0.2, 0.25) is 0 Å². The monoisotopic (exact) mass is 339 g/mol. The van der Waals surface area contributed by atoms with E-state index in [0.717, 1.165) is 12.3 Å². The van der Waals surface area contributed by atoms with Gasteiger partial charge in [-0.3, -0.25) is 9.69 Å². The van der Waals surface area contributed by atoms with E-state index in [1.54, 1.807) is 25.8 Å². The first kappa shape index (κ1) is 17.6. The van der Waals surface area contributed by atoms with Gasteiger partial charge < -0.3 is 14.2 Å². The van der Waals surface area contributed by atoms with Gasteiger partial charge in [-0.2, -0.15) is 0 Å². The van der Waals surface area contributed by atoms with E-state index in [1.807, 2.05) is 29.2 Å². The van der Waals surface area contributed by atoms with E-state index >= 15 is 0 Å². The van der Waals surface area contributed by atoms with Crippen LogP contribution in [0.2, 0.25) is 0 Å². The topological polar surface area (TPSA) is 65.1 Å². The highest BCUT2D eigenvalue weighted by Gasteiger charge is 2.30. The number of benzene rings is 1. The van der Waals surface area contributed by atoms with Crippen molar-refractivity contribution in [1.29, 1.82) is 0 Å². The van der Waals surface area contributed by atoms with E-state index in [9.17, 15) is 9.59 Å². The van der Waals surface area contributed by atoms with Gasteiger partial charge in [-0.25, -0.2) is 4.79 Å². The van der Waals surface area contributed by atoms with Crippen molar-refractivity contribution in [2.24, 2.45) is 0 Å². The summed E-state index contributed by atoms with van der Waals surface area (Å²) in [4.78, 5) is 25.2. The number of rotatable bonds is 8. The molecular formula is C16H21NO5S. The summed E-state index contributed by atoms with van der Waals surface area (Å²) < 4.78 is 15.8. The zero-order valence-electron chi connectivity index (χ0n) is 13.3. The molecule has 23 heavy (non-hydrogen) atoms. The van der Waals surface area contributed by atoms with Crippen LogP contribution in [0.5, 0.6) is 11.5 Å². The third-order valence-corrected chi connectivity index (χ3v) is 4.63. The van der Waals surface area contributed by atoms with Gasteiger partial charge in [-0.15, -0.1) is 11.8 Å². The summed E-state index contributed by atoms with van der Waals surface area (Å²) in [6.07, 6.45) is 0. The summed E-state index contributed by atoms with van der Waals surface area (Å²) >= 11 is 1.71. The first-order valence-electron chi connectivity index (χ1n) is 7.47. The van der Waals surface area contributed by atoms with E-state index < -0.39 is 11.8 Å². The molecule has 0 radical (unpaired) electrons. The zero-order chi connectivity index (χ0) is 16.7. The fourth-order valence-electron chi connectivity index (χ4n) is 2.25. The Morgan fingerprint density at radius 2 is 2.04 bits per heavy atom. The Balaban J connectivity index is 1.89. The lowest BCUT2D eigenvalue weighted by atomic mass is 10.3. The molecule has 1 aliphatic rings. The largest absolute Gasteiger partial charge is 0.493 e. The molecule has 2 rings (SSSR count). The van der Waals surface area contributed by atoms with Crippen LogP contribution in [0.15, 0.2) is 24.3 Å². The van der Waals surface area contributed by atoms with Crippen LogP contribution >= 0.6 is 11.8 Å². The molecule has 1 saturated heterocycles. The second kappa shape index (κ2) is 8.79. The third-order valence-electron chi connectivity index (χ3n) is 3.40. The van der Waals surface area contributed by atoms with Gasteiger partial charge in [-0.1, -0.05) is 12.1 Å². The molecule has 0 aromatic heterocycles. The second-order valence-corrected chi connectivity index (χ2v) is 6.19. The maximum atomic E-state index is 11.8. The van der Waals surface area contributed by atoms with Gasteiger partial charge in [-0.05, 0) is 19.1 Å². The van der Waals surface area contributed by atoms with Crippen molar-refractivity contribution < 1.29 is 23.8 Å². The number of nitrogens with zero attached hydrogens (tertiary/aromatic N) is 1. The Bertz CT molecular complexity index is 551. The Hall–Kier alpha value is -1.73. The number of methoxy groups -OCH3 is 1. The van der Waals surface area contributed by atoms with Crippen LogP contribution in [0.3, 0.4) is 0 Å². The van der Waals surface area contributed by atoms with Gasteiger partial charge in [0.25, 0.3) is 5.78 Å². The molecule has 6 nitrogen and oxygen atoms in total. The Labute approximate surface area is 140 Å². The molecule has 1 atom stereocenters. The van der Waals surface area contributed by atoms with Crippen LogP contribution in [0.1, 0.15) is 6.92 Å². The highest BCUT2D eigenvalue weighted by atomic mass is 32.2. The van der Waals surface area contributed by atoms with Crippen molar-refractivity contribution in [3.05, 3.63) is 24.3 Å². The minimum absolute atomic E-state index is 0.0262. The van der Waals surface area contributed by atoms with E-state index in [-0.39, 0.29) is 18.5 Å². The van der Waals surface area contributed by atoms with Gasteiger partial charge in [0, 0.05) is 12.3 Å². The van der Waals surface area contributed by atoms with Crippen molar-refractivity contribution >= 4 is 23.5 Å². The zero-order valence-corrected chi connectivity index (χ0v) is 14.1. The molecule has 0 saturated carbocycles. The number of ketones is 1. The lowest BCUT2D eigenvalue weighted by Gasteiger charge is -2.22. The van der Waals surface area contributed by atoms with Crippen LogP contribution in [0, 0.1) is 0 Å². The van der Waals surface area contributed by atoms with Crippen molar-refractivity contribution in [3.8, 4) is 11.5 Å². The molecule has 7 heteroatoms. The Morgan fingerprint density at radius 3 is 2.74 bits per heavy atom. The van der Waals surface area contributed by atoms with Crippen LogP contribution in [0.4, 0.5) is 0 Å². The standard InChI is InChI=1S/C16H21NO5S/c1-3-21-16(19)12(18)10-17-8-9-23-15(17)11-22-14-7-5-4-6-13(14)20-2/h4-7,15H,3,8-11H2,1-2H3. The number of Topliss-reactive ketones (excluding diaryl/α,β-unsaturated/α-hetero) is 1. The molecule has 0 N–H and O–H groups in total. The number of carbonyl (C=O) groups excluding carboxylic acids is 2. The number of carbonyl (C=O) groups is 2. The molecule has 0 bridgehead atoms. The van der Waals surface area contributed by atoms with Crippen molar-refractivity contribution in [2.75, 3.05) is 39.2 Å². The van der Waals surface area contributed by atoms with Crippen molar-refractivity contribution in [2.45, 2.75) is 12.3 Å². The smallest absolute Gasteiger partial charge is 0.375 e. The summed E-state index contributed by atoms with van der Waals surface area (Å²) in [6.45, 7) is 3.11. The molecule has 0 amide bonds. The normalized spacial score (nSPS) is 17.7. The number of hydrogen-bond acceptors (Lipinski definition) is 7. The molecule has 126 valence electrons. The molecule has 1 aliphatic heterocycles. The average Bonchev–Trinajstić information content (AvgIpc) is 3.00. The highest BCUT2D eigenvalue weighted by molar-refractivity contribution is 8.00. The van der Waals surface area contributed by atoms with Crippen molar-refractivity contribution in [3.63, 3.8) is 0 Å². The molecule has 1 unspecified atom stereocenters. The molecule has 1 heterocycles. The molecule has 1 aromatic carbocycles. The third kappa shape index (κ3) is 4.87. The minimum Gasteiger partial charge on any atom is -0.493 e. The maximum absolute atomic E-state index is 11.8. The summed E-state index contributed by atoms with van der Waals surface area (Å²) in [5.74, 6) is 0.949. The maximum Gasteiger partial charge on any atom is 0.375 e. The van der Waals surface area contributed by atoms with E-state index in [0.29, 0.717) is 18.1 Å². The fourth-order valence-corrected chi connectivity index (χ4v) is 3.42. The highest BCUT2D eigenvalue weighted by Crippen LogP contribution is 2.29. The molecule has 1 aromatic rings. The van der Waals surface area contributed by atoms with Crippen LogP contribution in [-0.4, -0.2) is 61.2 Å².